The Balaban J connectivity index is 1.70. The third kappa shape index (κ3) is 2.92. The zero-order valence-corrected chi connectivity index (χ0v) is 16.6. The summed E-state index contributed by atoms with van der Waals surface area (Å²) in [5, 5.41) is 17.8. The van der Waals surface area contributed by atoms with Crippen LogP contribution in [0.15, 0.2) is 18.2 Å². The number of nitrogens with zero attached hydrogens (tertiary/aromatic N) is 3. The lowest BCUT2D eigenvalue weighted by atomic mass is 9.75. The predicted octanol–water partition coefficient (Wildman–Crippen LogP) is 2.63. The van der Waals surface area contributed by atoms with Gasteiger partial charge in [-0.3, -0.25) is 15.0 Å². The molecule has 150 valence electrons. The second kappa shape index (κ2) is 7.09. The van der Waals surface area contributed by atoms with Crippen LogP contribution in [0, 0.1) is 10.1 Å². The highest BCUT2D eigenvalue weighted by Gasteiger charge is 2.42. The summed E-state index contributed by atoms with van der Waals surface area (Å²) in [6.07, 6.45) is 3.09. The van der Waals surface area contributed by atoms with Gasteiger partial charge in [-0.25, -0.2) is 4.79 Å². The van der Waals surface area contributed by atoms with Crippen LogP contribution in [0.3, 0.4) is 0 Å². The molecule has 1 aromatic rings. The van der Waals surface area contributed by atoms with Crippen molar-refractivity contribution in [2.75, 3.05) is 38.5 Å². The summed E-state index contributed by atoms with van der Waals surface area (Å²) in [6, 6.07) is 3.62. The molecule has 2 heterocycles. The number of rotatable bonds is 4. The van der Waals surface area contributed by atoms with Crippen molar-refractivity contribution in [3.63, 3.8) is 0 Å². The van der Waals surface area contributed by atoms with Gasteiger partial charge in [-0.1, -0.05) is 6.08 Å². The number of carbonyl (C=O) groups is 1. The van der Waals surface area contributed by atoms with Gasteiger partial charge in [-0.2, -0.15) is 0 Å². The van der Waals surface area contributed by atoms with Gasteiger partial charge in [0.2, 0.25) is 0 Å². The monoisotopic (exact) mass is 385 g/mol. The zero-order valence-electron chi connectivity index (χ0n) is 16.6. The maximum atomic E-state index is 12.5. The Labute approximate surface area is 164 Å². The summed E-state index contributed by atoms with van der Waals surface area (Å²) in [7, 11) is 2.09. The van der Waals surface area contributed by atoms with Crippen LogP contribution < -0.4 is 10.6 Å². The highest BCUT2D eigenvalue weighted by molar-refractivity contribution is 5.86. The standard InChI is InChI=1S/C20H27N5O3/c1-4-24(5-2)20(26)22-13-9-15-14-6-7-16(25(27)28)19-18(14)12(10-21-19)8-17(15)23(3)11-13/h6-7,9,12-13,17,21H,4-5,8,10-11H2,1-3H3,(H,22,26)/t12?,13-,17+/m0/s1. The number of nitro groups is 1. The van der Waals surface area contributed by atoms with Crippen molar-refractivity contribution >= 4 is 23.0 Å². The van der Waals surface area contributed by atoms with Crippen LogP contribution in [0.1, 0.15) is 37.3 Å². The van der Waals surface area contributed by atoms with Gasteiger partial charge >= 0.3 is 6.03 Å². The maximum absolute atomic E-state index is 12.5. The van der Waals surface area contributed by atoms with Crippen LogP contribution in [-0.4, -0.2) is 66.1 Å². The Kier molecular flexibility index (Phi) is 4.74. The van der Waals surface area contributed by atoms with Crippen LogP contribution in [0.5, 0.6) is 0 Å². The minimum absolute atomic E-state index is 0.0528. The van der Waals surface area contributed by atoms with Crippen molar-refractivity contribution < 1.29 is 9.72 Å². The average molecular weight is 385 g/mol. The number of anilines is 1. The first kappa shape index (κ1) is 18.7. The molecular weight excluding hydrogens is 358 g/mol. The number of benzene rings is 1. The number of likely N-dealkylation sites (N-methyl/N-ethyl adjacent to an activating group) is 1. The second-order valence-corrected chi connectivity index (χ2v) is 7.80. The van der Waals surface area contributed by atoms with E-state index in [4.69, 9.17) is 0 Å². The molecule has 4 rings (SSSR count). The molecule has 0 saturated heterocycles. The van der Waals surface area contributed by atoms with Crippen molar-refractivity contribution in [1.29, 1.82) is 0 Å². The van der Waals surface area contributed by atoms with E-state index in [2.05, 4.69) is 28.7 Å². The molecule has 2 amide bonds. The van der Waals surface area contributed by atoms with E-state index in [1.165, 1.54) is 5.57 Å². The van der Waals surface area contributed by atoms with Gasteiger partial charge in [0.05, 0.1) is 11.0 Å². The molecule has 3 atom stereocenters. The Morgan fingerprint density at radius 1 is 1.39 bits per heavy atom. The van der Waals surface area contributed by atoms with E-state index in [1.54, 1.807) is 11.0 Å². The molecular formula is C20H27N5O3. The number of hydrogen-bond donors (Lipinski definition) is 2. The smallest absolute Gasteiger partial charge is 0.317 e. The summed E-state index contributed by atoms with van der Waals surface area (Å²) < 4.78 is 0. The Bertz CT molecular complexity index is 848. The molecule has 0 fully saturated rings. The van der Waals surface area contributed by atoms with Crippen LogP contribution in [-0.2, 0) is 0 Å². The summed E-state index contributed by atoms with van der Waals surface area (Å²) in [5.41, 5.74) is 4.14. The molecule has 0 aromatic heterocycles. The molecule has 8 nitrogen and oxygen atoms in total. The van der Waals surface area contributed by atoms with E-state index < -0.39 is 0 Å². The number of nitro benzene ring substituents is 1. The van der Waals surface area contributed by atoms with Gasteiger partial charge in [0.25, 0.3) is 5.69 Å². The number of urea groups is 1. The fraction of sp³-hybridized carbons (Fsp3) is 0.550. The van der Waals surface area contributed by atoms with E-state index in [9.17, 15) is 14.9 Å². The van der Waals surface area contributed by atoms with Gasteiger partial charge < -0.3 is 15.5 Å². The molecule has 2 N–H and O–H groups in total. The Morgan fingerprint density at radius 3 is 2.82 bits per heavy atom. The van der Waals surface area contributed by atoms with Crippen LogP contribution in [0.25, 0.3) is 5.57 Å². The van der Waals surface area contributed by atoms with Crippen LogP contribution in [0.2, 0.25) is 0 Å². The van der Waals surface area contributed by atoms with Crippen LogP contribution >= 0.6 is 0 Å². The lowest BCUT2D eigenvalue weighted by molar-refractivity contribution is -0.383. The molecule has 0 spiro atoms. The molecule has 28 heavy (non-hydrogen) atoms. The van der Waals surface area contributed by atoms with Gasteiger partial charge in [0.1, 0.15) is 5.69 Å². The predicted molar refractivity (Wildman–Crippen MR) is 109 cm³/mol. The SMILES string of the molecule is CCN(CC)C(=O)N[C@H]1C=C2c3ccc([N+](=O)[O-])c4c3C(CN4)C[C@H]2N(C)C1. The number of carbonyl (C=O) groups excluding carboxylic acids is 1. The van der Waals surface area contributed by atoms with E-state index >= 15 is 0 Å². The lowest BCUT2D eigenvalue weighted by Gasteiger charge is -2.42. The first-order chi connectivity index (χ1) is 13.4. The van der Waals surface area contributed by atoms with Crippen molar-refractivity contribution in [3.05, 3.63) is 39.4 Å². The first-order valence-corrected chi connectivity index (χ1v) is 9.97. The zero-order chi connectivity index (χ0) is 20.0. The topological polar surface area (TPSA) is 90.8 Å². The second-order valence-electron chi connectivity index (χ2n) is 7.80. The quantitative estimate of drug-likeness (QED) is 0.614. The fourth-order valence-corrected chi connectivity index (χ4v) is 4.90. The number of hydrogen-bond acceptors (Lipinski definition) is 5. The van der Waals surface area contributed by atoms with Crippen LogP contribution in [0.4, 0.5) is 16.2 Å². The molecule has 0 saturated carbocycles. The molecule has 0 radical (unpaired) electrons. The summed E-state index contributed by atoms with van der Waals surface area (Å²) >= 11 is 0. The summed E-state index contributed by atoms with van der Waals surface area (Å²) in [4.78, 5) is 27.7. The van der Waals surface area contributed by atoms with E-state index in [0.29, 0.717) is 18.8 Å². The molecule has 0 bridgehead atoms. The Hall–Kier alpha value is -2.61. The van der Waals surface area contributed by atoms with Crippen molar-refractivity contribution in [2.45, 2.75) is 38.3 Å². The fourth-order valence-electron chi connectivity index (χ4n) is 4.90. The third-order valence-corrected chi connectivity index (χ3v) is 6.29. The number of fused-ring (bicyclic) bond motifs is 2. The minimum Gasteiger partial charge on any atom is -0.379 e. The minimum atomic E-state index is -0.314. The highest BCUT2D eigenvalue weighted by Crippen LogP contribution is 2.50. The van der Waals surface area contributed by atoms with Gasteiger partial charge in [0, 0.05) is 44.2 Å². The maximum Gasteiger partial charge on any atom is 0.317 e. The molecule has 3 aliphatic rings. The largest absolute Gasteiger partial charge is 0.379 e. The molecule has 1 unspecified atom stereocenters. The van der Waals surface area contributed by atoms with Crippen molar-refractivity contribution in [2.24, 2.45) is 0 Å². The molecule has 8 heteroatoms. The molecule has 1 aliphatic carbocycles. The summed E-state index contributed by atoms with van der Waals surface area (Å²) in [5.74, 6) is 0.288. The average Bonchev–Trinajstić information content (AvgIpc) is 3.08. The lowest BCUT2D eigenvalue weighted by Crippen LogP contribution is -2.52. The number of amides is 2. The van der Waals surface area contributed by atoms with Gasteiger partial charge in [-0.05, 0) is 50.1 Å². The van der Waals surface area contributed by atoms with E-state index in [-0.39, 0.29) is 34.6 Å². The first-order valence-electron chi connectivity index (χ1n) is 9.97. The van der Waals surface area contributed by atoms with E-state index in [1.807, 2.05) is 19.9 Å². The molecule has 2 aliphatic heterocycles. The molecule has 1 aromatic carbocycles. The third-order valence-electron chi connectivity index (χ3n) is 6.29. The van der Waals surface area contributed by atoms with Crippen molar-refractivity contribution in [1.82, 2.24) is 15.1 Å². The van der Waals surface area contributed by atoms with E-state index in [0.717, 1.165) is 30.6 Å². The normalized spacial score (nSPS) is 25.2. The van der Waals surface area contributed by atoms with Crippen molar-refractivity contribution in [3.8, 4) is 0 Å². The summed E-state index contributed by atoms with van der Waals surface area (Å²) in [6.45, 7) is 6.79. The Morgan fingerprint density at radius 2 is 2.14 bits per heavy atom. The van der Waals surface area contributed by atoms with Gasteiger partial charge in [-0.15, -0.1) is 0 Å². The number of nitrogens with one attached hydrogen (secondary N) is 2. The van der Waals surface area contributed by atoms with Gasteiger partial charge in [0.15, 0.2) is 0 Å². The highest BCUT2D eigenvalue weighted by atomic mass is 16.6.